The summed E-state index contributed by atoms with van der Waals surface area (Å²) < 4.78 is 15.9. The van der Waals surface area contributed by atoms with E-state index in [4.69, 9.17) is 14.0 Å². The molecule has 0 saturated carbocycles. The van der Waals surface area contributed by atoms with Crippen LogP contribution in [0, 0.1) is 0 Å². The zero-order chi connectivity index (χ0) is 16.9. The predicted molar refractivity (Wildman–Crippen MR) is 98.3 cm³/mol. The summed E-state index contributed by atoms with van der Waals surface area (Å²) in [6.45, 7) is 2.78. The van der Waals surface area contributed by atoms with Crippen LogP contribution in [0.5, 0.6) is 11.5 Å². The van der Waals surface area contributed by atoms with Gasteiger partial charge >= 0.3 is 0 Å². The number of piperazine rings is 1. The third-order valence-corrected chi connectivity index (χ3v) is 4.09. The zero-order valence-corrected chi connectivity index (χ0v) is 15.4. The Morgan fingerprint density at radius 3 is 2.76 bits per heavy atom. The first-order valence-electron chi connectivity index (χ1n) is 7.86. The summed E-state index contributed by atoms with van der Waals surface area (Å²) in [5, 5.41) is 7.45. The van der Waals surface area contributed by atoms with E-state index in [1.54, 1.807) is 20.3 Å². The van der Waals surface area contributed by atoms with Gasteiger partial charge in [-0.15, -0.1) is 12.4 Å². The molecule has 1 atom stereocenters. The third kappa shape index (κ3) is 4.50. The minimum absolute atomic E-state index is 0. The van der Waals surface area contributed by atoms with Gasteiger partial charge in [-0.2, -0.15) is 4.98 Å². The third-order valence-electron chi connectivity index (χ3n) is 4.09. The Hall–Kier alpha value is -2.09. The minimum Gasteiger partial charge on any atom is -0.493 e. The van der Waals surface area contributed by atoms with Crippen molar-refractivity contribution in [2.24, 2.45) is 0 Å². The van der Waals surface area contributed by atoms with Crippen molar-refractivity contribution in [1.82, 2.24) is 20.4 Å². The van der Waals surface area contributed by atoms with Crippen molar-refractivity contribution in [3.63, 3.8) is 0 Å². The van der Waals surface area contributed by atoms with Crippen molar-refractivity contribution in [2.45, 2.75) is 6.04 Å². The van der Waals surface area contributed by atoms with Crippen LogP contribution in [0.4, 0.5) is 0 Å². The maximum Gasteiger partial charge on any atom is 0.250 e. The van der Waals surface area contributed by atoms with Gasteiger partial charge in [0.25, 0.3) is 5.89 Å². The second-order valence-electron chi connectivity index (χ2n) is 5.64. The van der Waals surface area contributed by atoms with Crippen LogP contribution in [0.15, 0.2) is 22.7 Å². The second kappa shape index (κ2) is 8.84. The van der Waals surface area contributed by atoms with Crippen LogP contribution in [-0.2, 0) is 0 Å². The maximum absolute atomic E-state index is 5.33. The van der Waals surface area contributed by atoms with E-state index < -0.39 is 0 Å². The van der Waals surface area contributed by atoms with Gasteiger partial charge in [-0.1, -0.05) is 11.2 Å². The molecule has 1 unspecified atom stereocenters. The number of benzene rings is 1. The van der Waals surface area contributed by atoms with Crippen LogP contribution in [0.2, 0.25) is 0 Å². The van der Waals surface area contributed by atoms with E-state index in [-0.39, 0.29) is 18.4 Å². The molecule has 1 aliphatic heterocycles. The van der Waals surface area contributed by atoms with Gasteiger partial charge in [-0.25, -0.2) is 0 Å². The molecule has 0 spiro atoms. The van der Waals surface area contributed by atoms with E-state index >= 15 is 0 Å². The molecule has 8 heteroatoms. The monoisotopic (exact) mass is 366 g/mol. The van der Waals surface area contributed by atoms with Gasteiger partial charge in [-0.3, -0.25) is 4.90 Å². The highest BCUT2D eigenvalue weighted by molar-refractivity contribution is 5.85. The number of hydrogen-bond acceptors (Lipinski definition) is 7. The lowest BCUT2D eigenvalue weighted by atomic mass is 10.2. The highest BCUT2D eigenvalue weighted by Crippen LogP contribution is 2.28. The Balaban J connectivity index is 0.00000225. The summed E-state index contributed by atoms with van der Waals surface area (Å²) in [6.07, 6.45) is 3.70. The van der Waals surface area contributed by atoms with Crippen molar-refractivity contribution in [2.75, 3.05) is 40.9 Å². The molecule has 136 valence electrons. The summed E-state index contributed by atoms with van der Waals surface area (Å²) in [7, 11) is 5.30. The number of nitrogens with one attached hydrogen (secondary N) is 1. The van der Waals surface area contributed by atoms with Gasteiger partial charge in [0.2, 0.25) is 0 Å². The van der Waals surface area contributed by atoms with Crippen molar-refractivity contribution in [1.29, 1.82) is 0 Å². The standard InChI is InChI=1S/C17H22N4O3.ClH/c1-21-9-8-18-11-13(21)17-19-16(24-20-17)7-5-12-4-6-14(22-2)15(10-12)23-3;/h4-7,10,13,18H,8-9,11H2,1-3H3;1H/b7-5+;. The molecule has 0 amide bonds. The van der Waals surface area contributed by atoms with Crippen molar-refractivity contribution in [3.05, 3.63) is 35.5 Å². The van der Waals surface area contributed by atoms with E-state index in [0.29, 0.717) is 23.2 Å². The largest absolute Gasteiger partial charge is 0.493 e. The molecule has 7 nitrogen and oxygen atoms in total. The fraction of sp³-hybridized carbons (Fsp3) is 0.412. The Morgan fingerprint density at radius 2 is 2.04 bits per heavy atom. The summed E-state index contributed by atoms with van der Waals surface area (Å²) in [5.74, 6) is 2.57. The van der Waals surface area contributed by atoms with Crippen molar-refractivity contribution < 1.29 is 14.0 Å². The molecule has 1 saturated heterocycles. The topological polar surface area (TPSA) is 72.7 Å². The first-order valence-corrected chi connectivity index (χ1v) is 7.86. The Morgan fingerprint density at radius 1 is 1.24 bits per heavy atom. The van der Waals surface area contributed by atoms with E-state index in [1.807, 2.05) is 24.3 Å². The molecule has 25 heavy (non-hydrogen) atoms. The van der Waals surface area contributed by atoms with E-state index in [2.05, 4.69) is 27.4 Å². The highest BCUT2D eigenvalue weighted by atomic mass is 35.5. The van der Waals surface area contributed by atoms with Crippen LogP contribution in [0.25, 0.3) is 12.2 Å². The van der Waals surface area contributed by atoms with Gasteiger partial charge < -0.3 is 19.3 Å². The summed E-state index contributed by atoms with van der Waals surface area (Å²) >= 11 is 0. The Bertz CT molecular complexity index is 720. The summed E-state index contributed by atoms with van der Waals surface area (Å²) in [5.41, 5.74) is 0.962. The first kappa shape index (κ1) is 19.2. The average molecular weight is 367 g/mol. The predicted octanol–water partition coefficient (Wildman–Crippen LogP) is 2.26. The molecule has 1 N–H and O–H groups in total. The van der Waals surface area contributed by atoms with Gasteiger partial charge in [0.05, 0.1) is 20.3 Å². The molecule has 0 bridgehead atoms. The van der Waals surface area contributed by atoms with Crippen molar-refractivity contribution in [3.8, 4) is 11.5 Å². The van der Waals surface area contributed by atoms with E-state index in [9.17, 15) is 0 Å². The SMILES string of the molecule is COc1ccc(/C=C/c2nc(C3CNCCN3C)no2)cc1OC.Cl. The number of ether oxygens (including phenoxy) is 2. The molecular formula is C17H23ClN4O3. The molecule has 1 aromatic carbocycles. The second-order valence-corrected chi connectivity index (χ2v) is 5.64. The molecule has 0 aliphatic carbocycles. The van der Waals surface area contributed by atoms with Gasteiger partial charge in [0.1, 0.15) is 0 Å². The zero-order valence-electron chi connectivity index (χ0n) is 14.6. The fourth-order valence-electron chi connectivity index (χ4n) is 2.67. The van der Waals surface area contributed by atoms with Gasteiger partial charge in [0.15, 0.2) is 17.3 Å². The van der Waals surface area contributed by atoms with E-state index in [0.717, 1.165) is 25.2 Å². The molecule has 1 aliphatic rings. The Labute approximate surface area is 153 Å². The average Bonchev–Trinajstić information content (AvgIpc) is 3.08. The molecule has 2 heterocycles. The van der Waals surface area contributed by atoms with Crippen LogP contribution >= 0.6 is 12.4 Å². The van der Waals surface area contributed by atoms with Crippen LogP contribution in [0.1, 0.15) is 23.3 Å². The van der Waals surface area contributed by atoms with Gasteiger partial charge in [-0.05, 0) is 30.8 Å². The molecular weight excluding hydrogens is 344 g/mol. The minimum atomic E-state index is 0. The summed E-state index contributed by atoms with van der Waals surface area (Å²) in [6, 6.07) is 5.84. The summed E-state index contributed by atoms with van der Waals surface area (Å²) in [4.78, 5) is 6.70. The highest BCUT2D eigenvalue weighted by Gasteiger charge is 2.24. The number of methoxy groups -OCH3 is 2. The normalized spacial score (nSPS) is 18.1. The molecule has 1 fully saturated rings. The molecule has 3 rings (SSSR count). The lowest BCUT2D eigenvalue weighted by Gasteiger charge is -2.30. The number of nitrogens with zero attached hydrogens (tertiary/aromatic N) is 3. The first-order chi connectivity index (χ1) is 11.7. The quantitative estimate of drug-likeness (QED) is 0.870. The Kier molecular flexibility index (Phi) is 6.81. The number of halogens is 1. The van der Waals surface area contributed by atoms with Crippen molar-refractivity contribution >= 4 is 24.6 Å². The smallest absolute Gasteiger partial charge is 0.250 e. The molecule has 2 aromatic rings. The van der Waals surface area contributed by atoms with Gasteiger partial charge in [0, 0.05) is 25.7 Å². The number of likely N-dealkylation sites (N-methyl/N-ethyl adjacent to an activating group) is 1. The number of aromatic nitrogens is 2. The van der Waals surface area contributed by atoms with Crippen LogP contribution < -0.4 is 14.8 Å². The van der Waals surface area contributed by atoms with Crippen LogP contribution in [-0.4, -0.2) is 55.9 Å². The maximum atomic E-state index is 5.33. The molecule has 1 aromatic heterocycles. The fourth-order valence-corrected chi connectivity index (χ4v) is 2.67. The number of hydrogen-bond donors (Lipinski definition) is 1. The molecule has 0 radical (unpaired) electrons. The lowest BCUT2D eigenvalue weighted by Crippen LogP contribution is -2.44. The number of rotatable bonds is 5. The van der Waals surface area contributed by atoms with E-state index in [1.165, 1.54) is 0 Å². The lowest BCUT2D eigenvalue weighted by molar-refractivity contribution is 0.190. The van der Waals surface area contributed by atoms with Crippen LogP contribution in [0.3, 0.4) is 0 Å².